The van der Waals surface area contributed by atoms with Crippen LogP contribution in [0.5, 0.6) is 0 Å². The molecule has 0 bridgehead atoms. The lowest BCUT2D eigenvalue weighted by molar-refractivity contribution is -0.138. The van der Waals surface area contributed by atoms with Gasteiger partial charge in [-0.05, 0) is 34.6 Å². The Balaban J connectivity index is 2.73. The molecular weight excluding hydrogens is 381 g/mol. The first-order valence-corrected chi connectivity index (χ1v) is 9.04. The zero-order chi connectivity index (χ0) is 21.0. The molecule has 1 aromatic rings. The summed E-state index contributed by atoms with van der Waals surface area (Å²) in [6, 6.07) is 0. The molecule has 0 atom stereocenters. The normalized spacial score (nSPS) is 13.6. The van der Waals surface area contributed by atoms with Gasteiger partial charge in [-0.1, -0.05) is 0 Å². The maximum absolute atomic E-state index is 12.2. The van der Waals surface area contributed by atoms with E-state index in [1.165, 1.54) is 25.2 Å². The molecule has 6 nitrogen and oxygen atoms in total. The van der Waals surface area contributed by atoms with Crippen LogP contribution in [0.25, 0.3) is 0 Å². The first-order chi connectivity index (χ1) is 12.1. The maximum atomic E-state index is 12.2. The fourth-order valence-corrected chi connectivity index (χ4v) is 2.92. The van der Waals surface area contributed by atoms with E-state index in [-0.39, 0.29) is 5.70 Å². The minimum Gasteiger partial charge on any atom is -0.401 e. The van der Waals surface area contributed by atoms with Gasteiger partial charge in [0, 0.05) is 34.8 Å². The summed E-state index contributed by atoms with van der Waals surface area (Å²) >= 11 is 1.45. The minimum atomic E-state index is -4.33. The van der Waals surface area contributed by atoms with Gasteiger partial charge >= 0.3 is 6.18 Å². The summed E-state index contributed by atoms with van der Waals surface area (Å²) in [5.41, 5.74) is 4.26. The number of nitrogens with two attached hydrogens (primary N) is 1. The van der Waals surface area contributed by atoms with Crippen molar-refractivity contribution in [3.63, 3.8) is 0 Å². The molecule has 0 aliphatic rings. The standard InChI is InChI=1S/C17H25F3N4O2S/c1-10-22-9-12(27-10)15(2,3)11(21)8-13(25)24-14(26)16(4,5)23-7-6-17(18,19)20/h8-9,23H,6-7,21H2,1-5H3,(H,24,25,26). The van der Waals surface area contributed by atoms with Crippen molar-refractivity contribution in [1.29, 1.82) is 0 Å². The van der Waals surface area contributed by atoms with Crippen molar-refractivity contribution in [3.05, 3.63) is 27.9 Å². The molecule has 0 aliphatic heterocycles. The summed E-state index contributed by atoms with van der Waals surface area (Å²) in [5.74, 6) is -1.48. The topological polar surface area (TPSA) is 97.1 Å². The second-order valence-electron chi connectivity index (χ2n) is 7.20. The third-order valence-corrected chi connectivity index (χ3v) is 5.26. The highest BCUT2D eigenvalue weighted by Gasteiger charge is 2.32. The monoisotopic (exact) mass is 406 g/mol. The van der Waals surface area contributed by atoms with Gasteiger partial charge in [0.25, 0.3) is 5.91 Å². The number of halogens is 3. The van der Waals surface area contributed by atoms with Crippen LogP contribution in [0.15, 0.2) is 18.0 Å². The predicted octanol–water partition coefficient (Wildman–Crippen LogP) is 2.54. The SMILES string of the molecule is Cc1ncc(C(C)(C)C(N)=CC(=O)NC(=O)C(C)(C)NCCC(F)(F)F)s1. The molecule has 0 saturated carbocycles. The van der Waals surface area contributed by atoms with Crippen molar-refractivity contribution in [3.8, 4) is 0 Å². The molecule has 0 spiro atoms. The number of hydrogen-bond donors (Lipinski definition) is 3. The number of aryl methyl sites for hydroxylation is 1. The summed E-state index contributed by atoms with van der Waals surface area (Å²) in [6.45, 7) is 7.84. The number of alkyl halides is 3. The number of amides is 2. The van der Waals surface area contributed by atoms with Crippen LogP contribution in [-0.2, 0) is 15.0 Å². The van der Waals surface area contributed by atoms with Crippen LogP contribution in [0.3, 0.4) is 0 Å². The number of nitrogens with zero attached hydrogens (tertiary/aromatic N) is 1. The zero-order valence-corrected chi connectivity index (χ0v) is 16.8. The van der Waals surface area contributed by atoms with Gasteiger partial charge in [-0.3, -0.25) is 14.9 Å². The Morgan fingerprint density at radius 2 is 1.85 bits per heavy atom. The van der Waals surface area contributed by atoms with Crippen LogP contribution in [-0.4, -0.2) is 35.1 Å². The highest BCUT2D eigenvalue weighted by Crippen LogP contribution is 2.32. The van der Waals surface area contributed by atoms with Crippen LogP contribution in [0.2, 0.25) is 0 Å². The smallest absolute Gasteiger partial charge is 0.390 e. The van der Waals surface area contributed by atoms with E-state index < -0.39 is 41.9 Å². The number of aromatic nitrogens is 1. The van der Waals surface area contributed by atoms with E-state index in [2.05, 4.69) is 15.6 Å². The van der Waals surface area contributed by atoms with Gasteiger partial charge in [-0.2, -0.15) is 13.2 Å². The summed E-state index contributed by atoms with van der Waals surface area (Å²) < 4.78 is 36.7. The Morgan fingerprint density at radius 3 is 2.33 bits per heavy atom. The van der Waals surface area contributed by atoms with E-state index in [0.717, 1.165) is 16.0 Å². The van der Waals surface area contributed by atoms with Crippen molar-refractivity contribution >= 4 is 23.2 Å². The maximum Gasteiger partial charge on any atom is 0.390 e. The van der Waals surface area contributed by atoms with Crippen LogP contribution >= 0.6 is 11.3 Å². The van der Waals surface area contributed by atoms with Crippen LogP contribution in [0, 0.1) is 6.92 Å². The minimum absolute atomic E-state index is 0.235. The molecule has 1 aromatic heterocycles. The Bertz CT molecular complexity index is 724. The van der Waals surface area contributed by atoms with Crippen molar-refractivity contribution < 1.29 is 22.8 Å². The van der Waals surface area contributed by atoms with Gasteiger partial charge < -0.3 is 11.1 Å². The highest BCUT2D eigenvalue weighted by atomic mass is 32.1. The molecule has 0 aromatic carbocycles. The first kappa shape index (κ1) is 23.1. The molecule has 1 heterocycles. The molecule has 2 amide bonds. The molecule has 0 aliphatic carbocycles. The van der Waals surface area contributed by atoms with Crippen LogP contribution in [0.4, 0.5) is 13.2 Å². The number of rotatable bonds is 7. The van der Waals surface area contributed by atoms with Crippen molar-refractivity contribution in [2.75, 3.05) is 6.54 Å². The Morgan fingerprint density at radius 1 is 1.26 bits per heavy atom. The quantitative estimate of drug-likeness (QED) is 0.605. The number of nitrogens with one attached hydrogen (secondary N) is 2. The van der Waals surface area contributed by atoms with Crippen molar-refractivity contribution in [2.45, 2.75) is 58.2 Å². The number of thiazole rings is 1. The van der Waals surface area contributed by atoms with Crippen molar-refractivity contribution in [2.24, 2.45) is 5.73 Å². The molecule has 0 fully saturated rings. The van der Waals surface area contributed by atoms with Gasteiger partial charge in [0.15, 0.2) is 0 Å². The molecule has 10 heteroatoms. The average molecular weight is 406 g/mol. The Hall–Kier alpha value is -1.94. The third kappa shape index (κ3) is 6.94. The molecule has 27 heavy (non-hydrogen) atoms. The van der Waals surface area contributed by atoms with E-state index in [1.54, 1.807) is 6.20 Å². The number of imide groups is 1. The summed E-state index contributed by atoms with van der Waals surface area (Å²) in [5, 5.41) is 5.49. The largest absolute Gasteiger partial charge is 0.401 e. The average Bonchev–Trinajstić information content (AvgIpc) is 2.92. The molecule has 152 valence electrons. The van der Waals surface area contributed by atoms with Gasteiger partial charge in [0.05, 0.1) is 17.0 Å². The number of carbonyl (C=O) groups excluding carboxylic acids is 2. The van der Waals surface area contributed by atoms with E-state index in [1.807, 2.05) is 20.8 Å². The van der Waals surface area contributed by atoms with Gasteiger partial charge in [0.2, 0.25) is 5.91 Å². The lowest BCUT2D eigenvalue weighted by atomic mass is 9.88. The van der Waals surface area contributed by atoms with Crippen LogP contribution in [0.1, 0.15) is 44.0 Å². The summed E-state index contributed by atoms with van der Waals surface area (Å²) in [4.78, 5) is 29.3. The summed E-state index contributed by atoms with van der Waals surface area (Å²) in [7, 11) is 0. The first-order valence-electron chi connectivity index (χ1n) is 8.23. The number of allylic oxidation sites excluding steroid dienone is 1. The molecule has 1 rings (SSSR count). The number of hydrogen-bond acceptors (Lipinski definition) is 6. The van der Waals surface area contributed by atoms with Crippen LogP contribution < -0.4 is 16.4 Å². The highest BCUT2D eigenvalue weighted by molar-refractivity contribution is 7.11. The second-order valence-corrected chi connectivity index (χ2v) is 8.44. The zero-order valence-electron chi connectivity index (χ0n) is 16.0. The molecule has 0 saturated heterocycles. The lowest BCUT2D eigenvalue weighted by Crippen LogP contribution is -2.54. The van der Waals surface area contributed by atoms with Gasteiger partial charge in [-0.15, -0.1) is 11.3 Å². The number of carbonyl (C=O) groups is 2. The molecule has 0 unspecified atom stereocenters. The van der Waals surface area contributed by atoms with E-state index in [0.29, 0.717) is 0 Å². The fourth-order valence-electron chi connectivity index (χ4n) is 2.02. The third-order valence-electron chi connectivity index (χ3n) is 4.03. The van der Waals surface area contributed by atoms with Gasteiger partial charge in [0.1, 0.15) is 0 Å². The second kappa shape index (κ2) is 8.39. The van der Waals surface area contributed by atoms with E-state index in [4.69, 9.17) is 5.73 Å². The Kier molecular flexibility index (Phi) is 7.17. The fraction of sp³-hybridized carbons (Fsp3) is 0.588. The van der Waals surface area contributed by atoms with Gasteiger partial charge in [-0.25, -0.2) is 4.98 Å². The summed E-state index contributed by atoms with van der Waals surface area (Å²) in [6.07, 6.45) is -2.61. The Labute approximate surface area is 160 Å². The van der Waals surface area contributed by atoms with E-state index in [9.17, 15) is 22.8 Å². The van der Waals surface area contributed by atoms with E-state index >= 15 is 0 Å². The molecule has 0 radical (unpaired) electrons. The molecular formula is C17H25F3N4O2S. The molecule has 4 N–H and O–H groups in total. The van der Waals surface area contributed by atoms with Crippen molar-refractivity contribution in [1.82, 2.24) is 15.6 Å². The lowest BCUT2D eigenvalue weighted by Gasteiger charge is -2.25. The predicted molar refractivity (Wildman–Crippen MR) is 98.1 cm³/mol.